The third-order valence-electron chi connectivity index (χ3n) is 5.43. The van der Waals surface area contributed by atoms with Gasteiger partial charge in [-0.2, -0.15) is 0 Å². The molecular formula is C19H17N5O5. The standard InChI is InChI=1S/C19H17N5O5/c20-16-13-17(22-9-21-16)24(10-23-13)19-15-14(18(8-25,28-19)29-19)26-12(27-15)7-6-11-4-2-1-3-5-11/h1-7,9-10,12,14-15,25H,8H2,(H2,20,21,22)/b7-6+/t12-,14?,15?,18?,19?/m0/s1. The van der Waals surface area contributed by atoms with E-state index in [2.05, 4.69) is 15.0 Å². The monoisotopic (exact) mass is 395 g/mol. The number of aliphatic hydroxyl groups is 1. The van der Waals surface area contributed by atoms with Gasteiger partial charge in [0.05, 0.1) is 0 Å². The highest BCUT2D eigenvalue weighted by atomic mass is 17.0. The summed E-state index contributed by atoms with van der Waals surface area (Å²) in [5, 5.41) is 9.90. The highest BCUT2D eigenvalue weighted by molar-refractivity contribution is 5.81. The van der Waals surface area contributed by atoms with E-state index in [1.807, 2.05) is 42.5 Å². The zero-order chi connectivity index (χ0) is 19.6. The molecule has 10 nitrogen and oxygen atoms in total. The van der Waals surface area contributed by atoms with Crippen molar-refractivity contribution in [2.24, 2.45) is 0 Å². The van der Waals surface area contributed by atoms with E-state index in [4.69, 9.17) is 24.7 Å². The van der Waals surface area contributed by atoms with Gasteiger partial charge in [0.2, 0.25) is 5.79 Å². The first-order chi connectivity index (χ1) is 14.2. The number of benzene rings is 1. The summed E-state index contributed by atoms with van der Waals surface area (Å²) in [6.45, 7) is -0.377. The molecule has 2 aromatic heterocycles. The van der Waals surface area contributed by atoms with Gasteiger partial charge in [-0.3, -0.25) is 14.0 Å². The lowest BCUT2D eigenvalue weighted by Gasteiger charge is -2.47. The van der Waals surface area contributed by atoms with Gasteiger partial charge in [0, 0.05) is 0 Å². The van der Waals surface area contributed by atoms with Gasteiger partial charge in [-0.1, -0.05) is 36.4 Å². The lowest BCUT2D eigenvalue weighted by atomic mass is 10.1. The predicted octanol–water partition coefficient (Wildman–Crippen LogP) is 0.591. The second kappa shape index (κ2) is 5.81. The third kappa shape index (κ3) is 2.20. The maximum Gasteiger partial charge on any atom is 0.294 e. The van der Waals surface area contributed by atoms with Crippen molar-refractivity contribution in [3.05, 3.63) is 54.6 Å². The predicted molar refractivity (Wildman–Crippen MR) is 98.7 cm³/mol. The fourth-order valence-corrected chi connectivity index (χ4v) is 4.13. The molecule has 3 atom stereocenters. The van der Waals surface area contributed by atoms with Gasteiger partial charge in [0.15, 0.2) is 30.0 Å². The van der Waals surface area contributed by atoms with Crippen LogP contribution in [-0.4, -0.2) is 55.5 Å². The number of nitrogen functional groups attached to an aromatic ring is 1. The molecule has 0 saturated carbocycles. The SMILES string of the molecule is Nc1ncnc2c1ncn2C12OC(CO)(O1)C1O[C@H](/C=C/c3ccccc3)OC12. The maximum atomic E-state index is 9.90. The van der Waals surface area contributed by atoms with Crippen LogP contribution in [0.2, 0.25) is 0 Å². The van der Waals surface area contributed by atoms with Crippen LogP contribution in [-0.2, 0) is 24.9 Å². The number of hydrogen-bond donors (Lipinski definition) is 2. The van der Waals surface area contributed by atoms with Gasteiger partial charge in [-0.25, -0.2) is 15.0 Å². The number of rotatable bonds is 4. The minimum atomic E-state index is -1.35. The average Bonchev–Trinajstić information content (AvgIpc) is 3.43. The Morgan fingerprint density at radius 1 is 1.10 bits per heavy atom. The van der Waals surface area contributed by atoms with Gasteiger partial charge in [-0.05, 0) is 11.6 Å². The molecule has 7 rings (SSSR count). The summed E-state index contributed by atoms with van der Waals surface area (Å²) < 4.78 is 25.7. The number of imidazole rings is 1. The van der Waals surface area contributed by atoms with Crippen LogP contribution in [0, 0.1) is 0 Å². The van der Waals surface area contributed by atoms with Crippen molar-refractivity contribution in [3.63, 3.8) is 0 Å². The fraction of sp³-hybridized carbons (Fsp3) is 0.316. The molecule has 2 unspecified atom stereocenters. The maximum absolute atomic E-state index is 9.90. The Labute approximate surface area is 164 Å². The van der Waals surface area contributed by atoms with Gasteiger partial charge in [0.25, 0.3) is 5.91 Å². The summed E-state index contributed by atoms with van der Waals surface area (Å²) in [6, 6.07) is 9.82. The van der Waals surface area contributed by atoms with Crippen molar-refractivity contribution in [2.45, 2.75) is 30.2 Å². The van der Waals surface area contributed by atoms with Crippen LogP contribution >= 0.6 is 0 Å². The number of aliphatic hydroxyl groups excluding tert-OH is 1. The van der Waals surface area contributed by atoms with Gasteiger partial charge < -0.3 is 20.3 Å². The molecule has 0 aliphatic carbocycles. The number of hydrogen-bond acceptors (Lipinski definition) is 9. The van der Waals surface area contributed by atoms with Crippen LogP contribution < -0.4 is 5.73 Å². The molecule has 10 heteroatoms. The molecule has 6 heterocycles. The summed E-state index contributed by atoms with van der Waals surface area (Å²) in [6.07, 6.45) is 4.72. The average molecular weight is 395 g/mol. The largest absolute Gasteiger partial charge is 0.391 e. The molecule has 29 heavy (non-hydrogen) atoms. The normalized spacial score (nSPS) is 35.3. The van der Waals surface area contributed by atoms with Gasteiger partial charge in [-0.15, -0.1) is 0 Å². The van der Waals surface area contributed by atoms with Crippen molar-refractivity contribution >= 4 is 23.1 Å². The molecule has 3 aromatic rings. The molecule has 0 amide bonds. The smallest absolute Gasteiger partial charge is 0.294 e. The van der Waals surface area contributed by atoms with Crippen LogP contribution in [0.5, 0.6) is 0 Å². The Balaban J connectivity index is 1.35. The van der Waals surface area contributed by atoms with E-state index in [1.165, 1.54) is 12.7 Å². The number of nitrogens with two attached hydrogens (primary N) is 1. The van der Waals surface area contributed by atoms with Crippen molar-refractivity contribution in [1.29, 1.82) is 0 Å². The van der Waals surface area contributed by atoms with Crippen LogP contribution in [0.4, 0.5) is 5.82 Å². The summed E-state index contributed by atoms with van der Waals surface area (Å²) in [5.41, 5.74) is 7.78. The highest BCUT2D eigenvalue weighted by Crippen LogP contribution is 2.60. The second-order valence-corrected chi connectivity index (χ2v) is 7.10. The number of ether oxygens (including phenoxy) is 4. The Kier molecular flexibility index (Phi) is 3.41. The summed E-state index contributed by atoms with van der Waals surface area (Å²) in [4.78, 5) is 12.5. The molecule has 4 aliphatic heterocycles. The van der Waals surface area contributed by atoms with E-state index in [1.54, 1.807) is 4.57 Å². The molecule has 4 fully saturated rings. The first-order valence-electron chi connectivity index (χ1n) is 9.15. The van der Waals surface area contributed by atoms with Crippen molar-refractivity contribution in [3.8, 4) is 0 Å². The molecule has 0 radical (unpaired) electrons. The van der Waals surface area contributed by atoms with E-state index < -0.39 is 30.2 Å². The Morgan fingerprint density at radius 3 is 2.69 bits per heavy atom. The van der Waals surface area contributed by atoms with E-state index in [9.17, 15) is 5.11 Å². The molecular weight excluding hydrogens is 378 g/mol. The summed E-state index contributed by atoms with van der Waals surface area (Å²) in [7, 11) is 0. The number of anilines is 1. The molecule has 148 valence electrons. The van der Waals surface area contributed by atoms with E-state index in [0.717, 1.165) is 5.56 Å². The Morgan fingerprint density at radius 2 is 1.90 bits per heavy atom. The molecule has 4 aliphatic rings. The fourth-order valence-electron chi connectivity index (χ4n) is 4.13. The van der Waals surface area contributed by atoms with Gasteiger partial charge in [0.1, 0.15) is 24.8 Å². The van der Waals surface area contributed by atoms with Crippen molar-refractivity contribution in [1.82, 2.24) is 19.5 Å². The zero-order valence-corrected chi connectivity index (χ0v) is 15.1. The van der Waals surface area contributed by atoms with Crippen LogP contribution in [0.15, 0.2) is 49.1 Å². The minimum Gasteiger partial charge on any atom is -0.391 e. The first kappa shape index (κ1) is 17.0. The van der Waals surface area contributed by atoms with Crippen LogP contribution in [0.1, 0.15) is 5.56 Å². The topological polar surface area (TPSA) is 127 Å². The number of aromatic nitrogens is 4. The van der Waals surface area contributed by atoms with Crippen molar-refractivity contribution < 1.29 is 24.1 Å². The highest BCUT2D eigenvalue weighted by Gasteiger charge is 2.81. The van der Waals surface area contributed by atoms with E-state index >= 15 is 0 Å². The summed E-state index contributed by atoms with van der Waals surface area (Å²) in [5.74, 6) is -2.40. The second-order valence-electron chi connectivity index (χ2n) is 7.10. The molecule has 1 aromatic carbocycles. The quantitative estimate of drug-likeness (QED) is 0.652. The molecule has 2 bridgehead atoms. The molecule has 0 spiro atoms. The lowest BCUT2D eigenvalue weighted by Crippen LogP contribution is -2.62. The van der Waals surface area contributed by atoms with Crippen molar-refractivity contribution in [2.75, 3.05) is 12.3 Å². The lowest BCUT2D eigenvalue weighted by molar-refractivity contribution is -0.533. The number of fused-ring (bicyclic) bond motifs is 1. The first-order valence-corrected chi connectivity index (χ1v) is 9.15. The molecule has 3 N–H and O–H groups in total. The Bertz CT molecular complexity index is 1110. The number of nitrogens with zero attached hydrogens (tertiary/aromatic N) is 4. The Hall–Kier alpha value is -2.89. The van der Waals surface area contributed by atoms with E-state index in [-0.39, 0.29) is 12.4 Å². The third-order valence-corrected chi connectivity index (χ3v) is 5.43. The van der Waals surface area contributed by atoms with Crippen LogP contribution in [0.25, 0.3) is 17.2 Å². The molecule has 4 saturated heterocycles. The minimum absolute atomic E-state index is 0.250. The van der Waals surface area contributed by atoms with E-state index in [0.29, 0.717) is 11.2 Å². The summed E-state index contributed by atoms with van der Waals surface area (Å²) >= 11 is 0. The van der Waals surface area contributed by atoms with Gasteiger partial charge >= 0.3 is 0 Å². The van der Waals surface area contributed by atoms with Crippen LogP contribution in [0.3, 0.4) is 0 Å². The zero-order valence-electron chi connectivity index (χ0n) is 15.1.